The van der Waals surface area contributed by atoms with E-state index in [1.165, 1.54) is 23.8 Å². The fourth-order valence-corrected chi connectivity index (χ4v) is 6.23. The standard InChI is InChI=1S/C39H36N6O5/c1-48-36-21-27-17-19-44(23-29(27)22-37(36)49-2)18-16-25-8-12-30(13-9-25)45-24-35(42-43-45)28-10-14-31(39(47)50-3)34(20-28)41-38(46)33-15-11-26-6-4-5-7-32(26)40-33/h4-15,20-22,24H,16-19,23H2,1-3H3,(H,41,46). The number of methoxy groups -OCH3 is 3. The second kappa shape index (κ2) is 14.2. The summed E-state index contributed by atoms with van der Waals surface area (Å²) in [4.78, 5) is 32.8. The van der Waals surface area contributed by atoms with Gasteiger partial charge in [0.25, 0.3) is 5.91 Å². The van der Waals surface area contributed by atoms with E-state index in [-0.39, 0.29) is 16.9 Å². The van der Waals surface area contributed by atoms with E-state index in [0.29, 0.717) is 16.8 Å². The molecule has 1 N–H and O–H groups in total. The zero-order valence-electron chi connectivity index (χ0n) is 28.1. The number of aromatic nitrogens is 4. The third-order valence-corrected chi connectivity index (χ3v) is 9.01. The molecular formula is C39H36N6O5. The summed E-state index contributed by atoms with van der Waals surface area (Å²) in [6.45, 7) is 2.81. The number of carbonyl (C=O) groups excluding carboxylic acids is 2. The molecule has 0 aliphatic carbocycles. The van der Waals surface area contributed by atoms with Crippen LogP contribution in [0.1, 0.15) is 37.5 Å². The summed E-state index contributed by atoms with van der Waals surface area (Å²) in [7, 11) is 4.64. The molecule has 1 aliphatic heterocycles. The SMILES string of the molecule is COC(=O)c1ccc(-c2cn(-c3ccc(CCN4CCc5cc(OC)c(OC)cc5C4)cc3)nn2)cc1NC(=O)c1ccc2ccccc2n1. The Hall–Kier alpha value is -6.07. The minimum Gasteiger partial charge on any atom is -0.493 e. The number of benzene rings is 4. The first-order chi connectivity index (χ1) is 24.4. The van der Waals surface area contributed by atoms with Crippen LogP contribution >= 0.6 is 0 Å². The highest BCUT2D eigenvalue weighted by atomic mass is 16.5. The Balaban J connectivity index is 1.03. The third kappa shape index (κ3) is 6.76. The summed E-state index contributed by atoms with van der Waals surface area (Å²) < 4.78 is 17.7. The number of carbonyl (C=O) groups is 2. The van der Waals surface area contributed by atoms with E-state index in [9.17, 15) is 9.59 Å². The Bertz CT molecular complexity index is 2200. The highest BCUT2D eigenvalue weighted by molar-refractivity contribution is 6.08. The van der Waals surface area contributed by atoms with Crippen molar-refractivity contribution in [3.63, 3.8) is 0 Å². The molecule has 4 aromatic carbocycles. The highest BCUT2D eigenvalue weighted by Crippen LogP contribution is 2.33. The summed E-state index contributed by atoms with van der Waals surface area (Å²) in [6, 6.07) is 28.5. The first-order valence-corrected chi connectivity index (χ1v) is 16.3. The number of rotatable bonds is 10. The Morgan fingerprint density at radius 2 is 1.64 bits per heavy atom. The van der Waals surface area contributed by atoms with Crippen molar-refractivity contribution in [2.75, 3.05) is 39.7 Å². The van der Waals surface area contributed by atoms with Crippen LogP contribution in [0.5, 0.6) is 11.5 Å². The van der Waals surface area contributed by atoms with Gasteiger partial charge in [0.1, 0.15) is 11.4 Å². The van der Waals surface area contributed by atoms with Crippen LogP contribution in [-0.2, 0) is 24.1 Å². The van der Waals surface area contributed by atoms with Gasteiger partial charge in [-0.25, -0.2) is 14.5 Å². The van der Waals surface area contributed by atoms with Gasteiger partial charge in [-0.15, -0.1) is 5.10 Å². The number of fused-ring (bicyclic) bond motifs is 2. The molecule has 252 valence electrons. The molecule has 1 amide bonds. The second-order valence-corrected chi connectivity index (χ2v) is 12.1. The average molecular weight is 669 g/mol. The van der Waals surface area contributed by atoms with Crippen LogP contribution in [0.4, 0.5) is 5.69 Å². The van der Waals surface area contributed by atoms with Crippen LogP contribution in [0, 0.1) is 0 Å². The molecule has 6 aromatic rings. The number of nitrogens with one attached hydrogen (secondary N) is 1. The van der Waals surface area contributed by atoms with Gasteiger partial charge in [0, 0.05) is 30.6 Å². The van der Waals surface area contributed by atoms with Crippen molar-refractivity contribution in [3.05, 3.63) is 125 Å². The molecule has 0 unspecified atom stereocenters. The molecule has 1 aliphatic rings. The number of anilines is 1. The monoisotopic (exact) mass is 668 g/mol. The molecule has 0 atom stereocenters. The van der Waals surface area contributed by atoms with Crippen LogP contribution in [0.25, 0.3) is 27.8 Å². The van der Waals surface area contributed by atoms with Crippen molar-refractivity contribution in [1.82, 2.24) is 24.9 Å². The van der Waals surface area contributed by atoms with Crippen LogP contribution in [-0.4, -0.2) is 71.2 Å². The van der Waals surface area contributed by atoms with Crippen molar-refractivity contribution in [2.24, 2.45) is 0 Å². The van der Waals surface area contributed by atoms with E-state index in [1.54, 1.807) is 43.2 Å². The molecule has 0 bridgehead atoms. The van der Waals surface area contributed by atoms with E-state index >= 15 is 0 Å². The minimum absolute atomic E-state index is 0.210. The molecular weight excluding hydrogens is 632 g/mol. The Kier molecular flexibility index (Phi) is 9.22. The topological polar surface area (TPSA) is 121 Å². The maximum absolute atomic E-state index is 13.2. The number of para-hydroxylation sites is 1. The Morgan fingerprint density at radius 3 is 2.42 bits per heavy atom. The Labute approximate surface area is 289 Å². The third-order valence-electron chi connectivity index (χ3n) is 9.01. The van der Waals surface area contributed by atoms with Crippen LogP contribution < -0.4 is 14.8 Å². The largest absolute Gasteiger partial charge is 0.493 e. The van der Waals surface area contributed by atoms with E-state index < -0.39 is 11.9 Å². The maximum atomic E-state index is 13.2. The summed E-state index contributed by atoms with van der Waals surface area (Å²) in [5.41, 5.74) is 7.34. The summed E-state index contributed by atoms with van der Waals surface area (Å²) in [6.07, 6.45) is 3.71. The van der Waals surface area contributed by atoms with Crippen LogP contribution in [0.3, 0.4) is 0 Å². The quantitative estimate of drug-likeness (QED) is 0.172. The number of esters is 1. The molecule has 0 fully saturated rings. The smallest absolute Gasteiger partial charge is 0.339 e. The fraction of sp³-hybridized carbons (Fsp3) is 0.205. The summed E-state index contributed by atoms with van der Waals surface area (Å²) in [5.74, 6) is 0.514. The van der Waals surface area contributed by atoms with Gasteiger partial charge in [0.15, 0.2) is 11.5 Å². The van der Waals surface area contributed by atoms with Crippen molar-refractivity contribution < 1.29 is 23.8 Å². The van der Waals surface area contributed by atoms with Gasteiger partial charge < -0.3 is 19.5 Å². The van der Waals surface area contributed by atoms with Crippen LogP contribution in [0.2, 0.25) is 0 Å². The van der Waals surface area contributed by atoms with Gasteiger partial charge in [-0.1, -0.05) is 47.7 Å². The van der Waals surface area contributed by atoms with Gasteiger partial charge in [-0.2, -0.15) is 0 Å². The second-order valence-electron chi connectivity index (χ2n) is 12.1. The first kappa shape index (κ1) is 32.5. The number of ether oxygens (including phenoxy) is 3. The zero-order chi connectivity index (χ0) is 34.6. The molecule has 0 saturated carbocycles. The highest BCUT2D eigenvalue weighted by Gasteiger charge is 2.20. The van der Waals surface area contributed by atoms with Gasteiger partial charge in [-0.3, -0.25) is 9.69 Å². The number of hydrogen-bond acceptors (Lipinski definition) is 9. The molecule has 0 radical (unpaired) electrons. The molecule has 7 rings (SSSR count). The van der Waals surface area contributed by atoms with E-state index in [4.69, 9.17) is 14.2 Å². The van der Waals surface area contributed by atoms with E-state index in [1.807, 2.05) is 48.7 Å². The molecule has 0 spiro atoms. The number of amides is 1. The average Bonchev–Trinajstić information content (AvgIpc) is 3.66. The van der Waals surface area contributed by atoms with Crippen LogP contribution in [0.15, 0.2) is 97.2 Å². The first-order valence-electron chi connectivity index (χ1n) is 16.3. The van der Waals surface area contributed by atoms with E-state index in [0.717, 1.165) is 55.0 Å². The van der Waals surface area contributed by atoms with Gasteiger partial charge >= 0.3 is 5.97 Å². The van der Waals surface area contributed by atoms with Gasteiger partial charge in [-0.05, 0) is 78.1 Å². The number of hydrogen-bond donors (Lipinski definition) is 1. The van der Waals surface area contributed by atoms with Crippen molar-refractivity contribution in [2.45, 2.75) is 19.4 Å². The van der Waals surface area contributed by atoms with Crippen molar-refractivity contribution in [1.29, 1.82) is 0 Å². The zero-order valence-corrected chi connectivity index (χ0v) is 28.1. The molecule has 2 aromatic heterocycles. The lowest BCUT2D eigenvalue weighted by Crippen LogP contribution is -2.32. The lowest BCUT2D eigenvalue weighted by Gasteiger charge is -2.29. The summed E-state index contributed by atoms with van der Waals surface area (Å²) >= 11 is 0. The number of nitrogens with zero attached hydrogens (tertiary/aromatic N) is 5. The molecule has 11 nitrogen and oxygen atoms in total. The lowest BCUT2D eigenvalue weighted by atomic mass is 9.98. The normalized spacial score (nSPS) is 12.7. The predicted octanol–water partition coefficient (Wildman–Crippen LogP) is 6.14. The molecule has 3 heterocycles. The van der Waals surface area contributed by atoms with Crippen molar-refractivity contribution >= 4 is 28.5 Å². The fourth-order valence-electron chi connectivity index (χ4n) is 6.23. The minimum atomic E-state index is -0.576. The summed E-state index contributed by atoms with van der Waals surface area (Å²) in [5, 5.41) is 12.5. The van der Waals surface area contributed by atoms with Gasteiger partial charge in [0.05, 0.1) is 50.0 Å². The van der Waals surface area contributed by atoms with Gasteiger partial charge in [0.2, 0.25) is 0 Å². The molecule has 11 heteroatoms. The molecule has 0 saturated heterocycles. The molecule has 50 heavy (non-hydrogen) atoms. The lowest BCUT2D eigenvalue weighted by molar-refractivity contribution is 0.0602. The number of pyridine rings is 1. The van der Waals surface area contributed by atoms with E-state index in [2.05, 4.69) is 49.8 Å². The predicted molar refractivity (Wildman–Crippen MR) is 190 cm³/mol. The van der Waals surface area contributed by atoms with Crippen molar-refractivity contribution in [3.8, 4) is 28.4 Å². The Morgan fingerprint density at radius 1 is 0.860 bits per heavy atom. The maximum Gasteiger partial charge on any atom is 0.339 e.